The van der Waals surface area contributed by atoms with Crippen LogP contribution in [-0.2, 0) is 33.3 Å². The number of ether oxygens (including phenoxy) is 4. The third-order valence-electron chi connectivity index (χ3n) is 8.60. The largest absolute Gasteiger partial charge is 0.477 e. The number of rotatable bonds is 37. The van der Waals surface area contributed by atoms with Gasteiger partial charge >= 0.3 is 17.9 Å². The van der Waals surface area contributed by atoms with E-state index in [9.17, 15) is 19.5 Å². The Bertz CT molecular complexity index is 955. The van der Waals surface area contributed by atoms with Crippen LogP contribution in [0.15, 0.2) is 36.5 Å². The number of allylic oxidation sites excluding steroid dienone is 6. The monoisotopic (exact) mass is 737 g/mol. The summed E-state index contributed by atoms with van der Waals surface area (Å²) in [5.41, 5.74) is 0. The summed E-state index contributed by atoms with van der Waals surface area (Å²) in [7, 11) is 5.94. The van der Waals surface area contributed by atoms with Gasteiger partial charge in [0.1, 0.15) is 13.2 Å². The number of hydrogen-bond donors (Lipinski definition) is 1. The molecule has 2 unspecified atom stereocenters. The highest BCUT2D eigenvalue weighted by atomic mass is 16.7. The lowest BCUT2D eigenvalue weighted by Crippen LogP contribution is -2.40. The van der Waals surface area contributed by atoms with E-state index in [4.69, 9.17) is 18.9 Å². The predicted octanol–water partition coefficient (Wildman–Crippen LogP) is 10.3. The Labute approximate surface area is 318 Å². The van der Waals surface area contributed by atoms with Gasteiger partial charge in [-0.3, -0.25) is 9.59 Å². The van der Waals surface area contributed by atoms with Gasteiger partial charge in [-0.15, -0.1) is 0 Å². The van der Waals surface area contributed by atoms with Crippen molar-refractivity contribution in [3.63, 3.8) is 0 Å². The molecule has 0 aliphatic rings. The second-order valence-corrected chi connectivity index (χ2v) is 14.9. The number of carboxylic acids is 1. The summed E-state index contributed by atoms with van der Waals surface area (Å²) in [4.78, 5) is 37.0. The highest BCUT2D eigenvalue weighted by molar-refractivity contribution is 5.71. The zero-order valence-corrected chi connectivity index (χ0v) is 34.0. The molecule has 0 spiro atoms. The van der Waals surface area contributed by atoms with Gasteiger partial charge in [-0.25, -0.2) is 4.79 Å². The van der Waals surface area contributed by atoms with E-state index in [2.05, 4.69) is 50.3 Å². The lowest BCUT2D eigenvalue weighted by Gasteiger charge is -2.25. The third kappa shape index (κ3) is 35.9. The van der Waals surface area contributed by atoms with Crippen molar-refractivity contribution in [1.82, 2.24) is 0 Å². The summed E-state index contributed by atoms with van der Waals surface area (Å²) < 4.78 is 22.6. The van der Waals surface area contributed by atoms with Crippen molar-refractivity contribution >= 4 is 17.9 Å². The number of esters is 2. The van der Waals surface area contributed by atoms with Crippen LogP contribution in [-0.4, -0.2) is 87.4 Å². The van der Waals surface area contributed by atoms with Crippen LogP contribution in [0.4, 0.5) is 0 Å². The van der Waals surface area contributed by atoms with E-state index in [1.54, 1.807) is 0 Å². The average Bonchev–Trinajstić information content (AvgIpc) is 3.09. The van der Waals surface area contributed by atoms with Crippen LogP contribution in [0.3, 0.4) is 0 Å². The first-order chi connectivity index (χ1) is 25.1. The first kappa shape index (κ1) is 49.5. The van der Waals surface area contributed by atoms with E-state index in [-0.39, 0.29) is 38.6 Å². The zero-order chi connectivity index (χ0) is 38.5. The number of unbranched alkanes of at least 4 members (excludes halogenated alkanes) is 16. The predicted molar refractivity (Wildman–Crippen MR) is 212 cm³/mol. The Morgan fingerprint density at radius 3 is 1.62 bits per heavy atom. The molecule has 0 radical (unpaired) electrons. The average molecular weight is 737 g/mol. The van der Waals surface area contributed by atoms with Gasteiger partial charge in [0.25, 0.3) is 6.29 Å². The van der Waals surface area contributed by atoms with Crippen molar-refractivity contribution in [2.75, 3.05) is 47.5 Å². The lowest BCUT2D eigenvalue weighted by atomic mass is 10.1. The molecular formula is C43H78NO8+. The Morgan fingerprint density at radius 2 is 1.08 bits per heavy atom. The number of carbonyl (C=O) groups is 3. The maximum atomic E-state index is 12.7. The van der Waals surface area contributed by atoms with Gasteiger partial charge in [0.2, 0.25) is 0 Å². The van der Waals surface area contributed by atoms with E-state index in [0.717, 1.165) is 83.5 Å². The number of quaternary nitrogens is 1. The summed E-state index contributed by atoms with van der Waals surface area (Å²) >= 11 is 0. The molecule has 52 heavy (non-hydrogen) atoms. The minimum Gasteiger partial charge on any atom is -0.477 e. The topological polar surface area (TPSA) is 108 Å². The van der Waals surface area contributed by atoms with Crippen LogP contribution in [0.1, 0.15) is 162 Å². The SMILES string of the molecule is CCC/C=C\C/C=C\CCCCCCCC(=O)OC(COC(=O)CCCCCCC/C=C\CCCCCCC)COC(OCC[N+](C)(C)C)C(=O)O. The van der Waals surface area contributed by atoms with Gasteiger partial charge in [0.05, 0.1) is 34.4 Å². The van der Waals surface area contributed by atoms with Crippen LogP contribution in [0, 0.1) is 0 Å². The highest BCUT2D eigenvalue weighted by Crippen LogP contribution is 2.12. The fraction of sp³-hybridized carbons (Fsp3) is 0.791. The molecular weight excluding hydrogens is 658 g/mol. The van der Waals surface area contributed by atoms with Crippen molar-refractivity contribution in [2.45, 2.75) is 174 Å². The molecule has 0 aromatic heterocycles. The molecule has 302 valence electrons. The number of aliphatic carboxylic acids is 1. The van der Waals surface area contributed by atoms with Crippen LogP contribution < -0.4 is 0 Å². The van der Waals surface area contributed by atoms with Crippen molar-refractivity contribution in [2.24, 2.45) is 0 Å². The van der Waals surface area contributed by atoms with Crippen LogP contribution in [0.25, 0.3) is 0 Å². The minimum absolute atomic E-state index is 0.183. The Kier molecular flexibility index (Phi) is 33.8. The number of carbonyl (C=O) groups excluding carboxylic acids is 2. The highest BCUT2D eigenvalue weighted by Gasteiger charge is 2.25. The Balaban J connectivity index is 4.53. The molecule has 0 bridgehead atoms. The van der Waals surface area contributed by atoms with Crippen molar-refractivity contribution in [1.29, 1.82) is 0 Å². The molecule has 0 rings (SSSR count). The van der Waals surface area contributed by atoms with Gasteiger partial charge < -0.3 is 28.5 Å². The second-order valence-electron chi connectivity index (χ2n) is 14.9. The summed E-state index contributed by atoms with van der Waals surface area (Å²) in [5.74, 6) is -2.04. The molecule has 0 aliphatic heterocycles. The van der Waals surface area contributed by atoms with Crippen LogP contribution >= 0.6 is 0 Å². The molecule has 0 saturated heterocycles. The van der Waals surface area contributed by atoms with E-state index >= 15 is 0 Å². The summed E-state index contributed by atoms with van der Waals surface area (Å²) in [6.07, 6.45) is 34.8. The molecule has 0 heterocycles. The van der Waals surface area contributed by atoms with Gasteiger partial charge in [-0.05, 0) is 64.2 Å². The van der Waals surface area contributed by atoms with E-state index < -0.39 is 24.3 Å². The van der Waals surface area contributed by atoms with E-state index in [1.165, 1.54) is 44.9 Å². The molecule has 0 aliphatic carbocycles. The first-order valence-corrected chi connectivity index (χ1v) is 20.7. The van der Waals surface area contributed by atoms with E-state index in [1.807, 2.05) is 21.1 Å². The molecule has 2 atom stereocenters. The molecule has 1 N–H and O–H groups in total. The summed E-state index contributed by atoms with van der Waals surface area (Å²) in [6.45, 7) is 4.75. The number of likely N-dealkylation sites (N-methyl/N-ethyl adjacent to an activating group) is 1. The molecule has 0 amide bonds. The summed E-state index contributed by atoms with van der Waals surface area (Å²) in [6, 6.07) is 0. The molecule has 0 fully saturated rings. The molecule has 0 saturated carbocycles. The fourth-order valence-electron chi connectivity index (χ4n) is 5.34. The first-order valence-electron chi connectivity index (χ1n) is 20.7. The second kappa shape index (κ2) is 35.5. The molecule has 0 aromatic rings. The van der Waals surface area contributed by atoms with Crippen LogP contribution in [0.2, 0.25) is 0 Å². The maximum Gasteiger partial charge on any atom is 0.361 e. The lowest BCUT2D eigenvalue weighted by molar-refractivity contribution is -0.870. The Morgan fingerprint density at radius 1 is 0.577 bits per heavy atom. The minimum atomic E-state index is -1.51. The quantitative estimate of drug-likeness (QED) is 0.0221. The third-order valence-corrected chi connectivity index (χ3v) is 8.60. The number of carboxylic acid groups (broad SMARTS) is 1. The number of hydrogen-bond acceptors (Lipinski definition) is 7. The fourth-order valence-corrected chi connectivity index (χ4v) is 5.34. The van der Waals surface area contributed by atoms with Crippen molar-refractivity contribution in [3.8, 4) is 0 Å². The maximum absolute atomic E-state index is 12.7. The number of nitrogens with zero attached hydrogens (tertiary/aromatic N) is 1. The van der Waals surface area contributed by atoms with Crippen molar-refractivity contribution < 1.29 is 42.9 Å². The van der Waals surface area contributed by atoms with Crippen LogP contribution in [0.5, 0.6) is 0 Å². The Hall–Kier alpha value is -2.49. The van der Waals surface area contributed by atoms with E-state index in [0.29, 0.717) is 17.4 Å². The summed E-state index contributed by atoms with van der Waals surface area (Å²) in [5, 5.41) is 9.60. The normalized spacial score (nSPS) is 13.3. The van der Waals surface area contributed by atoms with Gasteiger partial charge in [-0.2, -0.15) is 0 Å². The molecule has 9 heteroatoms. The van der Waals surface area contributed by atoms with Crippen molar-refractivity contribution in [3.05, 3.63) is 36.5 Å². The standard InChI is InChI=1S/C43H77NO8/c1-6-8-10-12-14-16-18-20-22-23-25-27-29-31-33-40(45)50-37-39(38-51-43(42(47)48)49-36-35-44(3,4)5)52-41(46)34-32-30-28-26-24-21-19-17-15-13-11-9-7-2/h11,13,17-20,39,43H,6-10,12,14-16,21-38H2,1-5H3/p+1/b13-11-,19-17-,20-18-. The van der Waals surface area contributed by atoms with Gasteiger partial charge in [0.15, 0.2) is 6.10 Å². The molecule has 9 nitrogen and oxygen atoms in total. The smallest absolute Gasteiger partial charge is 0.361 e. The zero-order valence-electron chi connectivity index (χ0n) is 34.0. The van der Waals surface area contributed by atoms with Gasteiger partial charge in [0, 0.05) is 12.8 Å². The van der Waals surface area contributed by atoms with Gasteiger partial charge in [-0.1, -0.05) is 121 Å². The molecule has 0 aromatic carbocycles.